The number of anilines is 1. The number of nitrogens with zero attached hydrogens (tertiary/aromatic N) is 6. The maximum absolute atomic E-state index is 14.2. The zero-order valence-corrected chi connectivity index (χ0v) is 14.7. The molecule has 7 nitrogen and oxygen atoms in total. The van der Waals surface area contributed by atoms with Crippen LogP contribution in [-0.4, -0.2) is 44.2 Å². The first-order valence-corrected chi connectivity index (χ1v) is 8.59. The monoisotopic (exact) mass is 398 g/mol. The van der Waals surface area contributed by atoms with Gasteiger partial charge in [0.25, 0.3) is 0 Å². The summed E-state index contributed by atoms with van der Waals surface area (Å²) in [6.45, 7) is -1.66. The van der Waals surface area contributed by atoms with Crippen molar-refractivity contribution in [3.8, 4) is 5.75 Å². The minimum absolute atomic E-state index is 0.0423. The molecular weight excluding hydrogens is 385 g/mol. The van der Waals surface area contributed by atoms with Crippen molar-refractivity contribution in [3.63, 3.8) is 0 Å². The van der Waals surface area contributed by atoms with Gasteiger partial charge in [-0.15, -0.1) is 0 Å². The SMILES string of the molecule is Fc1cn(C2CCN(c3ncc(OC(F)F)cn3)CC2)c2ncnc(Cl)c12. The van der Waals surface area contributed by atoms with Crippen LogP contribution >= 0.6 is 11.6 Å². The Hall–Kier alpha value is -2.62. The third-order valence-electron chi connectivity index (χ3n) is 4.50. The smallest absolute Gasteiger partial charge is 0.387 e. The van der Waals surface area contributed by atoms with Crippen molar-refractivity contribution in [2.45, 2.75) is 25.5 Å². The first-order valence-electron chi connectivity index (χ1n) is 8.21. The first kappa shape index (κ1) is 17.8. The number of halogens is 4. The van der Waals surface area contributed by atoms with E-state index in [2.05, 4.69) is 24.7 Å². The largest absolute Gasteiger partial charge is 0.432 e. The molecule has 4 heterocycles. The fourth-order valence-corrected chi connectivity index (χ4v) is 3.48. The summed E-state index contributed by atoms with van der Waals surface area (Å²) in [5.74, 6) is -0.102. The van der Waals surface area contributed by atoms with Crippen LogP contribution in [0.3, 0.4) is 0 Å². The lowest BCUT2D eigenvalue weighted by Crippen LogP contribution is -2.35. The predicted molar refractivity (Wildman–Crippen MR) is 91.6 cm³/mol. The molecule has 0 radical (unpaired) electrons. The van der Waals surface area contributed by atoms with Gasteiger partial charge >= 0.3 is 6.61 Å². The highest BCUT2D eigenvalue weighted by Crippen LogP contribution is 2.31. The van der Waals surface area contributed by atoms with Crippen LogP contribution in [0.5, 0.6) is 5.75 Å². The lowest BCUT2D eigenvalue weighted by molar-refractivity contribution is -0.0503. The van der Waals surface area contributed by atoms with Crippen molar-refractivity contribution >= 4 is 28.6 Å². The van der Waals surface area contributed by atoms with Gasteiger partial charge in [-0.25, -0.2) is 24.3 Å². The summed E-state index contributed by atoms with van der Waals surface area (Å²) in [7, 11) is 0. The summed E-state index contributed by atoms with van der Waals surface area (Å²) >= 11 is 5.98. The summed E-state index contributed by atoms with van der Waals surface area (Å²) in [4.78, 5) is 18.1. The lowest BCUT2D eigenvalue weighted by Gasteiger charge is -2.32. The van der Waals surface area contributed by atoms with Crippen LogP contribution in [0.25, 0.3) is 11.0 Å². The average Bonchev–Trinajstić information content (AvgIpc) is 3.00. The highest BCUT2D eigenvalue weighted by atomic mass is 35.5. The Bertz CT molecular complexity index is 943. The molecule has 4 rings (SSSR count). The Labute approximate surface area is 156 Å². The summed E-state index contributed by atoms with van der Waals surface area (Å²) in [6, 6.07) is 0.0423. The zero-order valence-electron chi connectivity index (χ0n) is 13.9. The summed E-state index contributed by atoms with van der Waals surface area (Å²) < 4.78 is 44.6. The van der Waals surface area contributed by atoms with Crippen molar-refractivity contribution in [1.29, 1.82) is 0 Å². The molecule has 0 saturated carbocycles. The number of hydrogen-bond donors (Lipinski definition) is 0. The van der Waals surface area contributed by atoms with Crippen LogP contribution in [0.2, 0.25) is 5.15 Å². The predicted octanol–water partition coefficient (Wildman–Crippen LogP) is 3.46. The maximum Gasteiger partial charge on any atom is 0.387 e. The highest BCUT2D eigenvalue weighted by Gasteiger charge is 2.25. The Balaban J connectivity index is 1.47. The minimum atomic E-state index is -2.91. The maximum atomic E-state index is 14.2. The van der Waals surface area contributed by atoms with Gasteiger partial charge in [0.1, 0.15) is 17.1 Å². The van der Waals surface area contributed by atoms with Gasteiger partial charge in [0, 0.05) is 25.3 Å². The van der Waals surface area contributed by atoms with Crippen LogP contribution in [0.1, 0.15) is 18.9 Å². The Morgan fingerprint density at radius 3 is 2.48 bits per heavy atom. The standard InChI is InChI=1S/C16H14ClF3N6O/c17-13-12-11(18)7-26(14(12)24-8-23-13)9-1-3-25(4-2-9)16-21-5-10(6-22-16)27-15(19)20/h5-9,15H,1-4H2. The Morgan fingerprint density at radius 2 is 1.81 bits per heavy atom. The van der Waals surface area contributed by atoms with Crippen LogP contribution in [0, 0.1) is 5.82 Å². The van der Waals surface area contributed by atoms with E-state index >= 15 is 0 Å². The fourth-order valence-electron chi connectivity index (χ4n) is 3.26. The molecule has 1 fully saturated rings. The molecule has 0 bridgehead atoms. The van der Waals surface area contributed by atoms with Gasteiger partial charge in [-0.3, -0.25) is 0 Å². The number of hydrogen-bond acceptors (Lipinski definition) is 6. The van der Waals surface area contributed by atoms with Crippen LogP contribution < -0.4 is 9.64 Å². The van der Waals surface area contributed by atoms with Crippen molar-refractivity contribution in [2.75, 3.05) is 18.0 Å². The second kappa shape index (κ2) is 7.18. The van der Waals surface area contributed by atoms with E-state index in [-0.39, 0.29) is 22.3 Å². The molecule has 1 saturated heterocycles. The summed E-state index contributed by atoms with van der Waals surface area (Å²) in [5.41, 5.74) is 0.468. The molecule has 0 aliphatic carbocycles. The second-order valence-electron chi connectivity index (χ2n) is 6.06. The van der Waals surface area contributed by atoms with E-state index in [4.69, 9.17) is 11.6 Å². The molecule has 142 valence electrons. The summed E-state index contributed by atoms with van der Waals surface area (Å²) in [6.07, 6.45) is 6.57. The fraction of sp³-hybridized carbons (Fsp3) is 0.375. The van der Waals surface area contributed by atoms with Crippen molar-refractivity contribution in [2.24, 2.45) is 0 Å². The second-order valence-corrected chi connectivity index (χ2v) is 6.42. The van der Waals surface area contributed by atoms with Gasteiger partial charge in [0.05, 0.1) is 17.8 Å². The van der Waals surface area contributed by atoms with Gasteiger partial charge in [-0.1, -0.05) is 11.6 Å². The average molecular weight is 399 g/mol. The number of piperidine rings is 1. The van der Waals surface area contributed by atoms with E-state index in [1.165, 1.54) is 24.9 Å². The Kier molecular flexibility index (Phi) is 4.73. The van der Waals surface area contributed by atoms with Crippen LogP contribution in [-0.2, 0) is 0 Å². The van der Waals surface area contributed by atoms with Crippen molar-refractivity contribution in [3.05, 3.63) is 35.9 Å². The zero-order chi connectivity index (χ0) is 19.0. The van der Waals surface area contributed by atoms with Gasteiger partial charge in [0.2, 0.25) is 5.95 Å². The molecular formula is C16H14ClF3N6O. The molecule has 0 N–H and O–H groups in total. The van der Waals surface area contributed by atoms with Crippen LogP contribution in [0.15, 0.2) is 24.9 Å². The van der Waals surface area contributed by atoms with E-state index in [1.807, 2.05) is 4.90 Å². The van der Waals surface area contributed by atoms with E-state index in [9.17, 15) is 13.2 Å². The van der Waals surface area contributed by atoms with E-state index in [1.54, 1.807) is 4.57 Å². The molecule has 3 aromatic rings. The molecule has 1 aliphatic heterocycles. The minimum Gasteiger partial charge on any atom is -0.432 e. The molecule has 27 heavy (non-hydrogen) atoms. The quantitative estimate of drug-likeness (QED) is 0.627. The summed E-state index contributed by atoms with van der Waals surface area (Å²) in [5, 5.41) is 0.313. The molecule has 3 aromatic heterocycles. The normalized spacial score (nSPS) is 15.7. The van der Waals surface area contributed by atoms with Gasteiger partial charge < -0.3 is 14.2 Å². The Morgan fingerprint density at radius 1 is 1.11 bits per heavy atom. The molecule has 0 amide bonds. The number of aromatic nitrogens is 5. The molecule has 0 atom stereocenters. The van der Waals surface area contributed by atoms with E-state index in [0.29, 0.717) is 37.5 Å². The number of fused-ring (bicyclic) bond motifs is 1. The molecule has 1 aliphatic rings. The molecule has 0 unspecified atom stereocenters. The first-order chi connectivity index (χ1) is 13.0. The lowest BCUT2D eigenvalue weighted by atomic mass is 10.1. The highest BCUT2D eigenvalue weighted by molar-refractivity contribution is 6.34. The van der Waals surface area contributed by atoms with Crippen molar-refractivity contribution in [1.82, 2.24) is 24.5 Å². The third-order valence-corrected chi connectivity index (χ3v) is 4.78. The molecule has 0 aromatic carbocycles. The van der Waals surface area contributed by atoms with Gasteiger partial charge in [-0.05, 0) is 12.8 Å². The number of ether oxygens (including phenoxy) is 1. The van der Waals surface area contributed by atoms with Gasteiger partial charge in [0.15, 0.2) is 11.6 Å². The molecule has 0 spiro atoms. The van der Waals surface area contributed by atoms with E-state index < -0.39 is 12.4 Å². The van der Waals surface area contributed by atoms with Gasteiger partial charge in [-0.2, -0.15) is 8.78 Å². The van der Waals surface area contributed by atoms with Crippen LogP contribution in [0.4, 0.5) is 19.1 Å². The number of alkyl halides is 2. The molecule has 11 heteroatoms. The topological polar surface area (TPSA) is 69.0 Å². The third kappa shape index (κ3) is 3.48. The van der Waals surface area contributed by atoms with Crippen molar-refractivity contribution < 1.29 is 17.9 Å². The number of rotatable bonds is 4. The van der Waals surface area contributed by atoms with E-state index in [0.717, 1.165) is 0 Å².